The second-order valence-electron chi connectivity index (χ2n) is 8.50. The highest BCUT2D eigenvalue weighted by molar-refractivity contribution is 5.86. The Morgan fingerprint density at radius 2 is 1.88 bits per heavy atom. The van der Waals surface area contributed by atoms with E-state index in [1.54, 1.807) is 12.5 Å². The quantitative estimate of drug-likeness (QED) is 0.452. The number of rotatable bonds is 3. The van der Waals surface area contributed by atoms with Crippen LogP contribution in [0.25, 0.3) is 33.8 Å². The van der Waals surface area contributed by atoms with Crippen LogP contribution in [0.3, 0.4) is 0 Å². The number of piperidine rings is 1. The molecule has 0 amide bonds. The van der Waals surface area contributed by atoms with E-state index < -0.39 is 0 Å². The van der Waals surface area contributed by atoms with Crippen LogP contribution in [-0.4, -0.2) is 56.7 Å². The highest BCUT2D eigenvalue weighted by Crippen LogP contribution is 2.31. The minimum atomic E-state index is -0.104. The molecule has 0 radical (unpaired) electrons. The number of aryl methyl sites for hydroxylation is 2. The highest BCUT2D eigenvalue weighted by atomic mass is 16.1. The van der Waals surface area contributed by atoms with Gasteiger partial charge >= 0.3 is 5.69 Å². The Morgan fingerprint density at radius 3 is 2.64 bits per heavy atom. The zero-order chi connectivity index (χ0) is 22.7. The molecule has 0 saturated carbocycles. The Bertz CT molecular complexity index is 1550. The molecule has 1 N–H and O–H groups in total. The van der Waals surface area contributed by atoms with Crippen molar-refractivity contribution in [2.45, 2.75) is 25.8 Å². The molecule has 0 bridgehead atoms. The summed E-state index contributed by atoms with van der Waals surface area (Å²) in [5.74, 6) is 2.56. The lowest BCUT2D eigenvalue weighted by Crippen LogP contribution is -2.37. The van der Waals surface area contributed by atoms with Crippen molar-refractivity contribution in [2.75, 3.05) is 18.0 Å². The average Bonchev–Trinajstić information content (AvgIpc) is 3.46. The number of aromatic nitrogens is 9. The minimum Gasteiger partial charge on any atom is -0.355 e. The second kappa shape index (κ2) is 7.26. The fourth-order valence-corrected chi connectivity index (χ4v) is 4.81. The van der Waals surface area contributed by atoms with Crippen molar-refractivity contribution in [3.63, 3.8) is 0 Å². The number of hydrogen-bond donors (Lipinski definition) is 1. The van der Waals surface area contributed by atoms with Gasteiger partial charge in [-0.25, -0.2) is 29.7 Å². The second-order valence-corrected chi connectivity index (χ2v) is 8.50. The van der Waals surface area contributed by atoms with Gasteiger partial charge in [0, 0.05) is 39.4 Å². The summed E-state index contributed by atoms with van der Waals surface area (Å²) in [6.45, 7) is 3.51. The van der Waals surface area contributed by atoms with Crippen molar-refractivity contribution in [2.24, 2.45) is 14.1 Å². The number of hydrogen-bond acceptors (Lipinski definition) is 7. The molecule has 0 atom stereocenters. The van der Waals surface area contributed by atoms with Gasteiger partial charge < -0.3 is 14.0 Å². The number of fused-ring (bicyclic) bond motifs is 2. The van der Waals surface area contributed by atoms with Gasteiger partial charge in [-0.05, 0) is 31.9 Å². The topological polar surface area (TPSA) is 115 Å². The third-order valence-electron chi connectivity index (χ3n) is 6.71. The molecule has 6 rings (SSSR count). The molecule has 11 heteroatoms. The molecule has 0 aliphatic carbocycles. The molecule has 1 aliphatic rings. The maximum atomic E-state index is 12.6. The monoisotopic (exact) mass is 444 g/mol. The number of H-pyrrole nitrogens is 1. The molecule has 1 fully saturated rings. The van der Waals surface area contributed by atoms with E-state index in [1.165, 1.54) is 0 Å². The number of anilines is 1. The molecule has 168 valence electrons. The third-order valence-corrected chi connectivity index (χ3v) is 6.71. The van der Waals surface area contributed by atoms with E-state index in [2.05, 4.69) is 29.8 Å². The summed E-state index contributed by atoms with van der Waals surface area (Å²) in [5.41, 5.74) is 3.88. The van der Waals surface area contributed by atoms with Crippen LogP contribution in [0.1, 0.15) is 24.7 Å². The van der Waals surface area contributed by atoms with Crippen molar-refractivity contribution in [3.8, 4) is 11.5 Å². The fraction of sp³-hybridized carbons (Fsp3) is 0.364. The lowest BCUT2D eigenvalue weighted by molar-refractivity contribution is 0.395. The largest absolute Gasteiger partial charge is 0.355 e. The Labute approximate surface area is 188 Å². The first-order chi connectivity index (χ1) is 16.0. The first-order valence-corrected chi connectivity index (χ1v) is 11.0. The normalized spacial score (nSPS) is 15.2. The maximum absolute atomic E-state index is 12.6. The van der Waals surface area contributed by atoms with Gasteiger partial charge in [0.2, 0.25) is 0 Å². The van der Waals surface area contributed by atoms with Crippen LogP contribution >= 0.6 is 0 Å². The van der Waals surface area contributed by atoms with Crippen LogP contribution < -0.4 is 10.6 Å². The SMILES string of the molecule is Cc1ncc(-c2nc3c(N4CCC(n5c(=O)[nH]c6ncccc65)CC4)ncnc3n2C)n1C. The number of aromatic amines is 1. The molecule has 0 unspecified atom stereocenters. The van der Waals surface area contributed by atoms with Crippen molar-refractivity contribution in [3.05, 3.63) is 47.2 Å². The van der Waals surface area contributed by atoms with E-state index in [0.29, 0.717) is 5.65 Å². The standard InChI is InChI=1S/C22H24N10O/c1-13-24-11-16(29(13)2)19-27-17-20(30(19)3)25-12-26-21(17)31-9-6-14(7-10-31)32-15-5-4-8-23-18(15)28-22(32)33/h4-5,8,11-12,14H,6-7,9-10H2,1-3H3,(H,23,28,33). The first kappa shape index (κ1) is 19.6. The van der Waals surface area contributed by atoms with Crippen molar-refractivity contribution in [1.29, 1.82) is 0 Å². The maximum Gasteiger partial charge on any atom is 0.327 e. The molecule has 1 aliphatic heterocycles. The zero-order valence-corrected chi connectivity index (χ0v) is 18.7. The van der Waals surface area contributed by atoms with Gasteiger partial charge in [0.05, 0.1) is 11.7 Å². The molecule has 5 aromatic rings. The summed E-state index contributed by atoms with van der Waals surface area (Å²) in [7, 11) is 3.95. The van der Waals surface area contributed by atoms with Gasteiger partial charge in [-0.3, -0.25) is 9.55 Å². The summed E-state index contributed by atoms with van der Waals surface area (Å²) >= 11 is 0. The highest BCUT2D eigenvalue weighted by Gasteiger charge is 2.27. The summed E-state index contributed by atoms with van der Waals surface area (Å²) in [5, 5.41) is 0. The van der Waals surface area contributed by atoms with E-state index in [-0.39, 0.29) is 11.7 Å². The van der Waals surface area contributed by atoms with Crippen molar-refractivity contribution < 1.29 is 0 Å². The van der Waals surface area contributed by atoms with Crippen molar-refractivity contribution >= 4 is 28.1 Å². The molecule has 0 spiro atoms. The van der Waals surface area contributed by atoms with Crippen molar-refractivity contribution in [1.82, 2.24) is 43.6 Å². The molecule has 33 heavy (non-hydrogen) atoms. The molecule has 5 aromatic heterocycles. The third kappa shape index (κ3) is 2.95. The summed E-state index contributed by atoms with van der Waals surface area (Å²) in [6.07, 6.45) is 6.78. The van der Waals surface area contributed by atoms with Gasteiger partial charge in [0.15, 0.2) is 28.5 Å². The molecule has 0 aromatic carbocycles. The predicted molar refractivity (Wildman–Crippen MR) is 124 cm³/mol. The lowest BCUT2D eigenvalue weighted by atomic mass is 10.0. The van der Waals surface area contributed by atoms with Crippen LogP contribution in [0.4, 0.5) is 5.82 Å². The lowest BCUT2D eigenvalue weighted by Gasteiger charge is -2.33. The van der Waals surface area contributed by atoms with Gasteiger partial charge in [-0.15, -0.1) is 0 Å². The number of imidazole rings is 3. The Balaban J connectivity index is 1.33. The number of nitrogens with one attached hydrogen (secondary N) is 1. The Morgan fingerprint density at radius 1 is 1.06 bits per heavy atom. The predicted octanol–water partition coefficient (Wildman–Crippen LogP) is 1.95. The van der Waals surface area contributed by atoms with E-state index >= 15 is 0 Å². The van der Waals surface area contributed by atoms with Crippen LogP contribution in [0.2, 0.25) is 0 Å². The van der Waals surface area contributed by atoms with Gasteiger partial charge in [0.1, 0.15) is 17.8 Å². The Hall–Kier alpha value is -4.02. The molecular weight excluding hydrogens is 420 g/mol. The molecule has 6 heterocycles. The smallest absolute Gasteiger partial charge is 0.327 e. The number of pyridine rings is 1. The van der Waals surface area contributed by atoms with Crippen LogP contribution in [0, 0.1) is 6.92 Å². The Kier molecular flexibility index (Phi) is 4.32. The first-order valence-electron chi connectivity index (χ1n) is 11.0. The molecule has 1 saturated heterocycles. The fourth-order valence-electron chi connectivity index (χ4n) is 4.81. The van der Waals surface area contributed by atoms with Crippen LogP contribution in [-0.2, 0) is 14.1 Å². The van der Waals surface area contributed by atoms with E-state index in [0.717, 1.165) is 65.8 Å². The van der Waals surface area contributed by atoms with Crippen LogP contribution in [0.15, 0.2) is 35.6 Å². The van der Waals surface area contributed by atoms with Gasteiger partial charge in [-0.1, -0.05) is 0 Å². The summed E-state index contributed by atoms with van der Waals surface area (Å²) in [6, 6.07) is 3.91. The summed E-state index contributed by atoms with van der Waals surface area (Å²) in [4.78, 5) is 40.4. The summed E-state index contributed by atoms with van der Waals surface area (Å²) < 4.78 is 5.86. The minimum absolute atomic E-state index is 0.104. The van der Waals surface area contributed by atoms with E-state index in [1.807, 2.05) is 53.0 Å². The van der Waals surface area contributed by atoms with Gasteiger partial charge in [0.25, 0.3) is 0 Å². The molecule has 11 nitrogen and oxygen atoms in total. The number of nitrogens with zero attached hydrogens (tertiary/aromatic N) is 9. The average molecular weight is 445 g/mol. The van der Waals surface area contributed by atoms with Crippen LogP contribution in [0.5, 0.6) is 0 Å². The van der Waals surface area contributed by atoms with Gasteiger partial charge in [-0.2, -0.15) is 0 Å². The van der Waals surface area contributed by atoms with E-state index in [4.69, 9.17) is 4.98 Å². The van der Waals surface area contributed by atoms with E-state index in [9.17, 15) is 4.79 Å². The zero-order valence-electron chi connectivity index (χ0n) is 18.7. The molecular formula is C22H24N10O.